The maximum absolute atomic E-state index is 12.4. The number of carbonyl (C=O) groups is 4. The van der Waals surface area contributed by atoms with E-state index in [0.717, 1.165) is 0 Å². The van der Waals surface area contributed by atoms with E-state index >= 15 is 0 Å². The Morgan fingerprint density at radius 2 is 1.71 bits per heavy atom. The number of nitrogens with zero attached hydrogens (tertiary/aromatic N) is 1. The maximum atomic E-state index is 12.4. The van der Waals surface area contributed by atoms with Crippen molar-refractivity contribution in [1.82, 2.24) is 10.2 Å². The van der Waals surface area contributed by atoms with E-state index in [9.17, 15) is 19.2 Å². The van der Waals surface area contributed by atoms with Crippen molar-refractivity contribution in [3.63, 3.8) is 0 Å². The Balaban J connectivity index is 1.71. The lowest BCUT2D eigenvalue weighted by Crippen LogP contribution is -2.45. The quantitative estimate of drug-likeness (QED) is 0.391. The van der Waals surface area contributed by atoms with Crippen LogP contribution in [0.2, 0.25) is 0 Å². The Morgan fingerprint density at radius 1 is 1.09 bits per heavy atom. The van der Waals surface area contributed by atoms with Crippen LogP contribution in [0.4, 0.5) is 4.79 Å². The van der Waals surface area contributed by atoms with Crippen molar-refractivity contribution in [2.24, 2.45) is 0 Å². The van der Waals surface area contributed by atoms with E-state index in [1.807, 2.05) is 20.8 Å². The van der Waals surface area contributed by atoms with Gasteiger partial charge in [-0.15, -0.1) is 0 Å². The minimum Gasteiger partial charge on any atom is -0.482 e. The van der Waals surface area contributed by atoms with Gasteiger partial charge in [-0.05, 0) is 71.7 Å². The Kier molecular flexibility index (Phi) is 10.5. The van der Waals surface area contributed by atoms with Crippen molar-refractivity contribution >= 4 is 23.8 Å². The summed E-state index contributed by atoms with van der Waals surface area (Å²) in [6, 6.07) is 6.27. The summed E-state index contributed by atoms with van der Waals surface area (Å²) in [5, 5.41) is 2.60. The first-order valence-corrected chi connectivity index (χ1v) is 11.8. The average molecular weight is 493 g/mol. The number of rotatable bonds is 10. The van der Waals surface area contributed by atoms with Gasteiger partial charge >= 0.3 is 12.1 Å². The summed E-state index contributed by atoms with van der Waals surface area (Å²) < 4.78 is 21.3. The van der Waals surface area contributed by atoms with Crippen LogP contribution in [0.15, 0.2) is 24.3 Å². The van der Waals surface area contributed by atoms with E-state index in [1.54, 1.807) is 43.0 Å². The second kappa shape index (κ2) is 13.1. The van der Waals surface area contributed by atoms with Crippen LogP contribution in [0.1, 0.15) is 57.8 Å². The van der Waals surface area contributed by atoms with Gasteiger partial charge in [-0.2, -0.15) is 0 Å². The summed E-state index contributed by atoms with van der Waals surface area (Å²) in [5.74, 6) is -0.700. The van der Waals surface area contributed by atoms with Gasteiger partial charge in [0.25, 0.3) is 0 Å². The predicted octanol–water partition coefficient (Wildman–Crippen LogP) is 2.73. The van der Waals surface area contributed by atoms with Crippen LogP contribution in [0.3, 0.4) is 0 Å². The number of piperidine rings is 1. The number of nitrogens with one attached hydrogen (secondary N) is 1. The summed E-state index contributed by atoms with van der Waals surface area (Å²) >= 11 is 0. The highest BCUT2D eigenvalue weighted by Crippen LogP contribution is 2.18. The number of Topliss-reactive ketones (excluding diaryl/α,β-unsaturated/α-hetero) is 1. The molecule has 1 heterocycles. The first-order valence-electron chi connectivity index (χ1n) is 11.8. The van der Waals surface area contributed by atoms with E-state index < -0.39 is 17.7 Å². The third-order valence-electron chi connectivity index (χ3n) is 5.12. The fourth-order valence-corrected chi connectivity index (χ4v) is 3.35. The normalized spacial score (nSPS) is 15.2. The van der Waals surface area contributed by atoms with E-state index in [0.29, 0.717) is 37.2 Å². The zero-order valence-corrected chi connectivity index (χ0v) is 21.1. The molecule has 0 saturated carbocycles. The smallest absolute Gasteiger partial charge is 0.410 e. The van der Waals surface area contributed by atoms with E-state index in [4.69, 9.17) is 18.9 Å². The highest BCUT2D eigenvalue weighted by atomic mass is 16.6. The third-order valence-corrected chi connectivity index (χ3v) is 5.12. The number of esters is 1. The van der Waals surface area contributed by atoms with Crippen LogP contribution in [0.25, 0.3) is 0 Å². The number of amides is 2. The summed E-state index contributed by atoms with van der Waals surface area (Å²) in [4.78, 5) is 49.9. The number of hydrogen-bond donors (Lipinski definition) is 1. The lowest BCUT2D eigenvalue weighted by atomic mass is 10.1. The largest absolute Gasteiger partial charge is 0.482 e. The molecule has 1 aromatic rings. The van der Waals surface area contributed by atoms with Crippen LogP contribution in [0, 0.1) is 0 Å². The molecule has 1 atom stereocenters. The van der Waals surface area contributed by atoms with Crippen molar-refractivity contribution < 1.29 is 38.1 Å². The molecule has 1 fully saturated rings. The van der Waals surface area contributed by atoms with Crippen LogP contribution >= 0.6 is 0 Å². The van der Waals surface area contributed by atoms with Gasteiger partial charge in [0, 0.05) is 18.7 Å². The molecule has 0 unspecified atom stereocenters. The fraction of sp³-hybridized carbons (Fsp3) is 0.600. The lowest BCUT2D eigenvalue weighted by molar-refractivity contribution is -0.145. The van der Waals surface area contributed by atoms with Gasteiger partial charge in [0.1, 0.15) is 17.5 Å². The molecule has 0 spiro atoms. The summed E-state index contributed by atoms with van der Waals surface area (Å²) in [5.41, 5.74) is -0.147. The number of likely N-dealkylation sites (tertiary alicyclic amines) is 1. The first-order chi connectivity index (χ1) is 16.5. The minimum atomic E-state index is -0.737. The molecule has 1 aliphatic rings. The molecule has 0 bridgehead atoms. The van der Waals surface area contributed by atoms with E-state index in [-0.39, 0.29) is 43.6 Å². The van der Waals surface area contributed by atoms with E-state index in [1.165, 1.54) is 0 Å². The maximum Gasteiger partial charge on any atom is 0.410 e. The zero-order valence-electron chi connectivity index (χ0n) is 21.1. The Hall–Kier alpha value is -3.14. The Morgan fingerprint density at radius 3 is 2.29 bits per heavy atom. The van der Waals surface area contributed by atoms with Gasteiger partial charge in [0.05, 0.1) is 19.3 Å². The van der Waals surface area contributed by atoms with Crippen LogP contribution in [-0.4, -0.2) is 79.3 Å². The van der Waals surface area contributed by atoms with Gasteiger partial charge < -0.3 is 29.2 Å². The van der Waals surface area contributed by atoms with Crippen LogP contribution < -0.4 is 10.1 Å². The standard InChI is InChI=1S/C25H36N2O8/c1-6-32-22(29)16-33-19-9-7-18(8-10-19)21(28)15-26-23(30)17(2)34-20-11-13-27(14-12-20)24(31)35-25(3,4)5/h7-10,17,20H,6,11-16H2,1-5H3,(H,26,30)/t17-/m0/s1. The second-order valence-electron chi connectivity index (χ2n) is 9.20. The van der Waals surface area contributed by atoms with Crippen LogP contribution in [-0.2, 0) is 23.8 Å². The molecule has 1 N–H and O–H groups in total. The molecule has 194 valence electrons. The number of ketones is 1. The molecule has 10 heteroatoms. The molecule has 1 aromatic carbocycles. The average Bonchev–Trinajstić information content (AvgIpc) is 2.80. The van der Waals surface area contributed by atoms with E-state index in [2.05, 4.69) is 5.32 Å². The van der Waals surface area contributed by atoms with Crippen LogP contribution in [0.5, 0.6) is 5.75 Å². The molecule has 0 radical (unpaired) electrons. The first kappa shape index (κ1) is 28.1. The predicted molar refractivity (Wildman–Crippen MR) is 127 cm³/mol. The molecular weight excluding hydrogens is 456 g/mol. The Bertz CT molecular complexity index is 870. The molecular formula is C25H36N2O8. The van der Waals surface area contributed by atoms with Gasteiger partial charge in [-0.1, -0.05) is 0 Å². The van der Waals surface area contributed by atoms with Crippen molar-refractivity contribution in [3.05, 3.63) is 29.8 Å². The van der Waals surface area contributed by atoms with Crippen molar-refractivity contribution in [2.45, 2.75) is 65.3 Å². The highest BCUT2D eigenvalue weighted by molar-refractivity contribution is 5.99. The minimum absolute atomic E-state index is 0.160. The third kappa shape index (κ3) is 9.94. The SMILES string of the molecule is CCOC(=O)COc1ccc(C(=O)CNC(=O)[C@H](C)OC2CCN(C(=O)OC(C)(C)C)CC2)cc1. The molecule has 2 amide bonds. The molecule has 35 heavy (non-hydrogen) atoms. The molecule has 1 aliphatic heterocycles. The van der Waals surface area contributed by atoms with Crippen molar-refractivity contribution in [2.75, 3.05) is 32.8 Å². The highest BCUT2D eigenvalue weighted by Gasteiger charge is 2.29. The van der Waals surface area contributed by atoms with Gasteiger partial charge in [0.2, 0.25) is 5.91 Å². The monoisotopic (exact) mass is 492 g/mol. The van der Waals surface area contributed by atoms with Crippen molar-refractivity contribution in [3.8, 4) is 5.75 Å². The zero-order chi connectivity index (χ0) is 26.0. The number of carbonyl (C=O) groups excluding carboxylic acids is 4. The molecule has 0 aromatic heterocycles. The molecule has 0 aliphatic carbocycles. The van der Waals surface area contributed by atoms with Gasteiger partial charge in [0.15, 0.2) is 12.4 Å². The summed E-state index contributed by atoms with van der Waals surface area (Å²) in [6.07, 6.45) is -0.0496. The molecule has 1 saturated heterocycles. The number of hydrogen-bond acceptors (Lipinski definition) is 8. The van der Waals surface area contributed by atoms with Gasteiger partial charge in [-0.3, -0.25) is 9.59 Å². The van der Waals surface area contributed by atoms with Gasteiger partial charge in [-0.25, -0.2) is 9.59 Å². The molecule has 10 nitrogen and oxygen atoms in total. The van der Waals surface area contributed by atoms with Crippen molar-refractivity contribution in [1.29, 1.82) is 0 Å². The number of ether oxygens (including phenoxy) is 4. The fourth-order valence-electron chi connectivity index (χ4n) is 3.35. The lowest BCUT2D eigenvalue weighted by Gasteiger charge is -2.34. The second-order valence-corrected chi connectivity index (χ2v) is 9.20. The number of benzene rings is 1. The topological polar surface area (TPSA) is 120 Å². The Labute approximate surface area is 206 Å². The summed E-state index contributed by atoms with van der Waals surface area (Å²) in [7, 11) is 0. The molecule has 2 rings (SSSR count). The summed E-state index contributed by atoms with van der Waals surface area (Å²) in [6.45, 7) is 9.69.